The van der Waals surface area contributed by atoms with Gasteiger partial charge in [-0.05, 0) is 55.2 Å². The van der Waals surface area contributed by atoms with E-state index in [1.165, 1.54) is 22.5 Å². The van der Waals surface area contributed by atoms with Gasteiger partial charge in [0.15, 0.2) is 15.0 Å². The summed E-state index contributed by atoms with van der Waals surface area (Å²) >= 11 is 3.21. The van der Waals surface area contributed by atoms with E-state index in [1.807, 2.05) is 18.4 Å². The first-order chi connectivity index (χ1) is 15.2. The summed E-state index contributed by atoms with van der Waals surface area (Å²) in [6.45, 7) is 7.38. The number of anilines is 1. The minimum atomic E-state index is -3.26. The summed E-state index contributed by atoms with van der Waals surface area (Å²) in [6, 6.07) is 12.7. The molecule has 0 atom stereocenters. The zero-order chi connectivity index (χ0) is 23.3. The molecular weight excluding hydrogens is 462 g/mol. The number of likely N-dealkylation sites (N-methyl/N-ethyl adjacent to an activating group) is 1. The van der Waals surface area contributed by atoms with Gasteiger partial charge < -0.3 is 4.90 Å². The number of thiazole rings is 1. The minimum Gasteiger partial charge on any atom is -0.302 e. The third-order valence-corrected chi connectivity index (χ3v) is 8.25. The number of carbonyl (C=O) groups is 1. The summed E-state index contributed by atoms with van der Waals surface area (Å²) in [6.07, 6.45) is 3.41. The number of rotatable bonds is 10. The van der Waals surface area contributed by atoms with E-state index < -0.39 is 9.84 Å². The molecule has 0 radical (unpaired) electrons. The summed E-state index contributed by atoms with van der Waals surface area (Å²) < 4.78 is 24.5. The van der Waals surface area contributed by atoms with E-state index in [1.54, 1.807) is 40.9 Å². The summed E-state index contributed by atoms with van der Waals surface area (Å²) in [5.74, 6) is -0.0478. The molecule has 0 fully saturated rings. The largest absolute Gasteiger partial charge is 0.302 e. The Bertz CT molecular complexity index is 1170. The van der Waals surface area contributed by atoms with Crippen LogP contribution in [0.2, 0.25) is 0 Å². The predicted molar refractivity (Wildman–Crippen MR) is 135 cm³/mol. The first-order valence-electron chi connectivity index (χ1n) is 10.5. The van der Waals surface area contributed by atoms with Crippen molar-refractivity contribution in [2.75, 3.05) is 43.6 Å². The van der Waals surface area contributed by atoms with Crippen molar-refractivity contribution < 1.29 is 13.2 Å². The average Bonchev–Trinajstić information content (AvgIpc) is 3.19. The molecule has 0 saturated heterocycles. The summed E-state index contributed by atoms with van der Waals surface area (Å²) in [5.41, 5.74) is 1.67. The fraction of sp³-hybridized carbons (Fsp3) is 0.391. The van der Waals surface area contributed by atoms with Crippen molar-refractivity contribution in [2.24, 2.45) is 0 Å². The smallest absolute Gasteiger partial charge is 0.233 e. The molecule has 0 unspecified atom stereocenters. The highest BCUT2D eigenvalue weighted by Gasteiger charge is 2.21. The molecule has 32 heavy (non-hydrogen) atoms. The number of sulfone groups is 1. The maximum absolute atomic E-state index is 13.3. The number of amides is 1. The Morgan fingerprint density at radius 1 is 1.06 bits per heavy atom. The van der Waals surface area contributed by atoms with Crippen LogP contribution in [0.3, 0.4) is 0 Å². The maximum Gasteiger partial charge on any atom is 0.233 e. The molecule has 2 aromatic carbocycles. The molecular formula is C23H29N3O3S3. The van der Waals surface area contributed by atoms with Gasteiger partial charge in [-0.2, -0.15) is 0 Å². The summed E-state index contributed by atoms with van der Waals surface area (Å²) in [7, 11) is -3.26. The molecule has 0 aliphatic carbocycles. The van der Waals surface area contributed by atoms with Crippen LogP contribution in [0.15, 0.2) is 52.3 Å². The Hall–Kier alpha value is -1.94. The summed E-state index contributed by atoms with van der Waals surface area (Å²) in [5, 5.41) is 0.697. The van der Waals surface area contributed by atoms with Crippen molar-refractivity contribution in [1.29, 1.82) is 0 Å². The van der Waals surface area contributed by atoms with Crippen molar-refractivity contribution in [3.63, 3.8) is 0 Å². The lowest BCUT2D eigenvalue weighted by atomic mass is 10.1. The van der Waals surface area contributed by atoms with Gasteiger partial charge in [0, 0.05) is 24.2 Å². The second-order valence-corrected chi connectivity index (χ2v) is 11.4. The number of benzene rings is 2. The van der Waals surface area contributed by atoms with Crippen molar-refractivity contribution in [3.8, 4) is 0 Å². The van der Waals surface area contributed by atoms with E-state index in [4.69, 9.17) is 4.98 Å². The highest BCUT2D eigenvalue weighted by atomic mass is 32.2. The lowest BCUT2D eigenvalue weighted by Crippen LogP contribution is -2.39. The Morgan fingerprint density at radius 2 is 1.75 bits per heavy atom. The molecule has 0 N–H and O–H groups in total. The fourth-order valence-electron chi connectivity index (χ4n) is 3.37. The molecule has 0 aliphatic rings. The van der Waals surface area contributed by atoms with Gasteiger partial charge in [-0.25, -0.2) is 13.4 Å². The predicted octanol–water partition coefficient (Wildman–Crippen LogP) is 4.34. The van der Waals surface area contributed by atoms with Gasteiger partial charge in [-0.15, -0.1) is 11.8 Å². The van der Waals surface area contributed by atoms with Gasteiger partial charge in [0.05, 0.1) is 21.5 Å². The van der Waals surface area contributed by atoms with Gasteiger partial charge in [0.1, 0.15) is 0 Å². The molecule has 172 valence electrons. The number of thioether (sulfide) groups is 1. The lowest BCUT2D eigenvalue weighted by Gasteiger charge is -2.24. The van der Waals surface area contributed by atoms with Crippen LogP contribution >= 0.6 is 23.1 Å². The zero-order valence-corrected chi connectivity index (χ0v) is 21.3. The number of carbonyl (C=O) groups excluding carboxylic acids is 1. The molecule has 9 heteroatoms. The van der Waals surface area contributed by atoms with Crippen LogP contribution in [0.1, 0.15) is 19.4 Å². The molecule has 1 amide bonds. The van der Waals surface area contributed by atoms with Crippen LogP contribution in [-0.2, 0) is 21.1 Å². The molecule has 0 aliphatic heterocycles. The Morgan fingerprint density at radius 3 is 2.34 bits per heavy atom. The van der Waals surface area contributed by atoms with Crippen LogP contribution < -0.4 is 4.90 Å². The standard InChI is InChI=1S/C23H29N3O3S3/c1-5-25(6-2)13-14-26(23-24-20-12-9-18(30-3)16-21(20)31-23)22(27)15-17-7-10-19(11-8-17)32(4,28)29/h7-12,16H,5-6,13-15H2,1-4H3. The number of hydrogen-bond donors (Lipinski definition) is 0. The third kappa shape index (κ3) is 6.10. The van der Waals surface area contributed by atoms with Gasteiger partial charge in [0.25, 0.3) is 0 Å². The second-order valence-electron chi connectivity index (χ2n) is 7.50. The second kappa shape index (κ2) is 10.8. The molecule has 6 nitrogen and oxygen atoms in total. The minimum absolute atomic E-state index is 0.0478. The molecule has 1 aromatic heterocycles. The van der Waals surface area contributed by atoms with Crippen molar-refractivity contribution in [3.05, 3.63) is 48.0 Å². The van der Waals surface area contributed by atoms with E-state index in [-0.39, 0.29) is 17.2 Å². The Labute approximate surface area is 198 Å². The van der Waals surface area contributed by atoms with Crippen LogP contribution in [0.4, 0.5) is 5.13 Å². The SMILES string of the molecule is CCN(CC)CCN(C(=O)Cc1ccc(S(C)(=O)=O)cc1)c1nc2ccc(SC)cc2s1. The molecule has 0 saturated carbocycles. The number of fused-ring (bicyclic) bond motifs is 1. The average molecular weight is 492 g/mol. The number of nitrogens with zero attached hydrogens (tertiary/aromatic N) is 3. The van der Waals surface area contributed by atoms with E-state index >= 15 is 0 Å². The molecule has 3 rings (SSSR count). The lowest BCUT2D eigenvalue weighted by molar-refractivity contribution is -0.118. The van der Waals surface area contributed by atoms with Gasteiger partial charge in [-0.1, -0.05) is 37.3 Å². The van der Waals surface area contributed by atoms with Crippen LogP contribution in [-0.4, -0.2) is 62.9 Å². The summed E-state index contributed by atoms with van der Waals surface area (Å²) in [4.78, 5) is 23.5. The zero-order valence-electron chi connectivity index (χ0n) is 18.9. The van der Waals surface area contributed by atoms with Crippen molar-refractivity contribution in [2.45, 2.75) is 30.1 Å². The third-order valence-electron chi connectivity index (χ3n) is 5.36. The van der Waals surface area contributed by atoms with E-state index in [0.717, 1.165) is 35.4 Å². The quantitative estimate of drug-likeness (QED) is 0.393. The first-order valence-corrected chi connectivity index (χ1v) is 14.4. The molecule has 0 bridgehead atoms. The monoisotopic (exact) mass is 491 g/mol. The molecule has 0 spiro atoms. The Balaban J connectivity index is 1.87. The molecule has 1 heterocycles. The van der Waals surface area contributed by atoms with Crippen molar-refractivity contribution in [1.82, 2.24) is 9.88 Å². The normalized spacial score (nSPS) is 11.9. The number of hydrogen-bond acceptors (Lipinski definition) is 7. The Kier molecular flexibility index (Phi) is 8.32. The van der Waals surface area contributed by atoms with Crippen molar-refractivity contribution >= 4 is 54.2 Å². The van der Waals surface area contributed by atoms with E-state index in [9.17, 15) is 13.2 Å². The first kappa shape index (κ1) is 24.7. The van der Waals surface area contributed by atoms with Crippen LogP contribution in [0.25, 0.3) is 10.2 Å². The number of aromatic nitrogens is 1. The highest BCUT2D eigenvalue weighted by Crippen LogP contribution is 2.32. The van der Waals surface area contributed by atoms with Gasteiger partial charge in [-0.3, -0.25) is 9.69 Å². The van der Waals surface area contributed by atoms with E-state index in [2.05, 4.69) is 24.8 Å². The van der Waals surface area contributed by atoms with Crippen LogP contribution in [0.5, 0.6) is 0 Å². The van der Waals surface area contributed by atoms with Gasteiger partial charge >= 0.3 is 0 Å². The fourth-order valence-corrected chi connectivity index (χ4v) is 5.56. The van der Waals surface area contributed by atoms with E-state index in [0.29, 0.717) is 11.7 Å². The maximum atomic E-state index is 13.3. The van der Waals surface area contributed by atoms with Gasteiger partial charge in [0.2, 0.25) is 5.91 Å². The van der Waals surface area contributed by atoms with Crippen LogP contribution in [0, 0.1) is 0 Å². The molecule has 3 aromatic rings. The topological polar surface area (TPSA) is 70.6 Å². The highest BCUT2D eigenvalue weighted by molar-refractivity contribution is 7.98.